The van der Waals surface area contributed by atoms with Crippen LogP contribution in [-0.2, 0) is 4.74 Å². The minimum absolute atomic E-state index is 0.553. The Morgan fingerprint density at radius 1 is 1.00 bits per heavy atom. The number of alkyl halides is 9. The second-order valence-corrected chi connectivity index (χ2v) is 3.91. The highest BCUT2D eigenvalue weighted by Gasteiger charge is 2.86. The maximum Gasteiger partial charge on any atom is 0.434 e. The first-order valence-electron chi connectivity index (χ1n) is 4.63. The Morgan fingerprint density at radius 3 is 1.78 bits per heavy atom. The molecule has 0 aromatic carbocycles. The molecular formula is C8H7F9O. The molecule has 0 aromatic rings. The first-order chi connectivity index (χ1) is 7.72. The van der Waals surface area contributed by atoms with E-state index in [1.807, 2.05) is 0 Å². The lowest BCUT2D eigenvalue weighted by molar-refractivity contribution is -0.497. The number of hydrogen-bond donors (Lipinski definition) is 0. The van der Waals surface area contributed by atoms with Crippen molar-refractivity contribution >= 4 is 0 Å². The minimum Gasteiger partial charge on any atom is -0.252 e. The first-order valence-corrected chi connectivity index (χ1v) is 4.63. The molecule has 0 amide bonds. The smallest absolute Gasteiger partial charge is 0.252 e. The normalized spacial score (nSPS) is 39.7. The van der Waals surface area contributed by atoms with Crippen LogP contribution in [0.1, 0.15) is 19.8 Å². The summed E-state index contributed by atoms with van der Waals surface area (Å²) in [6.07, 6.45) is -21.3. The fraction of sp³-hybridized carbons (Fsp3) is 1.00. The van der Waals surface area contributed by atoms with Gasteiger partial charge in [0.1, 0.15) is 0 Å². The van der Waals surface area contributed by atoms with Crippen LogP contribution in [0.5, 0.6) is 0 Å². The van der Waals surface area contributed by atoms with Crippen LogP contribution < -0.4 is 0 Å². The number of hydrogen-bond acceptors (Lipinski definition) is 1. The average molecular weight is 290 g/mol. The maximum atomic E-state index is 13.7. The first kappa shape index (κ1) is 15.4. The summed E-state index contributed by atoms with van der Waals surface area (Å²) in [4.78, 5) is 0. The highest BCUT2D eigenvalue weighted by Crippen LogP contribution is 2.61. The highest BCUT2D eigenvalue weighted by molar-refractivity contribution is 5.13. The van der Waals surface area contributed by atoms with Gasteiger partial charge in [0.2, 0.25) is 0 Å². The predicted molar refractivity (Wildman–Crippen MR) is 39.6 cm³/mol. The van der Waals surface area contributed by atoms with Crippen molar-refractivity contribution in [1.82, 2.24) is 0 Å². The molecule has 0 saturated carbocycles. The van der Waals surface area contributed by atoms with E-state index in [0.29, 0.717) is 6.92 Å². The monoisotopic (exact) mass is 290 g/mol. The third kappa shape index (κ3) is 1.84. The Balaban J connectivity index is 3.45. The molecule has 0 aromatic heterocycles. The zero-order valence-electron chi connectivity index (χ0n) is 8.72. The number of halogens is 9. The van der Waals surface area contributed by atoms with Crippen molar-refractivity contribution < 1.29 is 44.3 Å². The van der Waals surface area contributed by atoms with Gasteiger partial charge in [0.05, 0.1) is 6.42 Å². The van der Waals surface area contributed by atoms with E-state index >= 15 is 0 Å². The maximum absolute atomic E-state index is 13.7. The van der Waals surface area contributed by atoms with Crippen LogP contribution >= 0.6 is 0 Å². The summed E-state index contributed by atoms with van der Waals surface area (Å²) in [6, 6.07) is 0. The van der Waals surface area contributed by atoms with Gasteiger partial charge in [-0.25, -0.2) is 8.78 Å². The molecule has 2 unspecified atom stereocenters. The topological polar surface area (TPSA) is 9.23 Å². The summed E-state index contributed by atoms with van der Waals surface area (Å²) < 4.78 is 118. The van der Waals surface area contributed by atoms with E-state index in [2.05, 4.69) is 4.74 Å². The quantitative estimate of drug-likeness (QED) is 0.664. The summed E-state index contributed by atoms with van der Waals surface area (Å²) in [5, 5.41) is 0. The van der Waals surface area contributed by atoms with E-state index in [9.17, 15) is 39.5 Å². The van der Waals surface area contributed by atoms with Gasteiger partial charge in [-0.05, 0) is 6.42 Å². The third-order valence-corrected chi connectivity index (χ3v) is 2.73. The lowest BCUT2D eigenvalue weighted by Gasteiger charge is -2.48. The van der Waals surface area contributed by atoms with E-state index in [1.54, 1.807) is 0 Å². The molecule has 0 bridgehead atoms. The molecule has 1 aliphatic heterocycles. The zero-order valence-corrected chi connectivity index (χ0v) is 8.72. The van der Waals surface area contributed by atoms with Gasteiger partial charge in [0.25, 0.3) is 0 Å². The van der Waals surface area contributed by atoms with Crippen LogP contribution in [0.25, 0.3) is 0 Å². The molecule has 1 saturated heterocycles. The van der Waals surface area contributed by atoms with Gasteiger partial charge in [-0.2, -0.15) is 30.7 Å². The van der Waals surface area contributed by atoms with Gasteiger partial charge in [-0.15, -0.1) is 0 Å². The molecule has 10 heteroatoms. The molecule has 0 radical (unpaired) electrons. The third-order valence-electron chi connectivity index (χ3n) is 2.73. The summed E-state index contributed by atoms with van der Waals surface area (Å²) in [6.45, 7) is 0.553. The Hall–Kier alpha value is -0.670. The van der Waals surface area contributed by atoms with Crippen LogP contribution in [0.4, 0.5) is 39.5 Å². The van der Waals surface area contributed by atoms with Gasteiger partial charge < -0.3 is 0 Å². The summed E-state index contributed by atoms with van der Waals surface area (Å²) in [5.74, 6) is 0. The molecule has 1 fully saturated rings. The summed E-state index contributed by atoms with van der Waals surface area (Å²) >= 11 is 0. The van der Waals surface area contributed by atoms with Gasteiger partial charge in [-0.3, -0.25) is 4.74 Å². The van der Waals surface area contributed by atoms with Crippen molar-refractivity contribution in [2.24, 2.45) is 0 Å². The molecule has 108 valence electrons. The highest BCUT2D eigenvalue weighted by atomic mass is 19.4. The fourth-order valence-corrected chi connectivity index (χ4v) is 1.79. The molecule has 1 rings (SSSR count). The number of ether oxygens (including phenoxy) is 1. The molecule has 1 nitrogen and oxygen atoms in total. The minimum atomic E-state index is -6.40. The fourth-order valence-electron chi connectivity index (χ4n) is 1.79. The van der Waals surface area contributed by atoms with Crippen molar-refractivity contribution in [3.63, 3.8) is 0 Å². The lowest BCUT2D eigenvalue weighted by Crippen LogP contribution is -2.73. The molecule has 0 N–H and O–H groups in total. The molecule has 2 atom stereocenters. The van der Waals surface area contributed by atoms with Gasteiger partial charge in [0, 0.05) is 0 Å². The Bertz CT molecular complexity index is 338. The van der Waals surface area contributed by atoms with Crippen molar-refractivity contribution in [2.75, 3.05) is 0 Å². The van der Waals surface area contributed by atoms with E-state index in [-0.39, 0.29) is 0 Å². The largest absolute Gasteiger partial charge is 0.434 e. The van der Waals surface area contributed by atoms with Crippen molar-refractivity contribution in [3.05, 3.63) is 0 Å². The molecule has 1 aliphatic rings. The van der Waals surface area contributed by atoms with Gasteiger partial charge in [0.15, 0.2) is 5.67 Å². The van der Waals surface area contributed by atoms with Crippen LogP contribution in [0, 0.1) is 0 Å². The predicted octanol–water partition coefficient (Wildman–Crippen LogP) is 3.98. The van der Waals surface area contributed by atoms with E-state index in [0.717, 1.165) is 0 Å². The summed E-state index contributed by atoms with van der Waals surface area (Å²) in [7, 11) is 0. The summed E-state index contributed by atoms with van der Waals surface area (Å²) in [5.41, 5.74) is -10.3. The van der Waals surface area contributed by atoms with Crippen molar-refractivity contribution in [3.8, 4) is 0 Å². The average Bonchev–Trinajstić information content (AvgIpc) is 2.09. The zero-order chi connectivity index (χ0) is 14.6. The van der Waals surface area contributed by atoms with E-state index in [1.165, 1.54) is 0 Å². The second kappa shape index (κ2) is 3.67. The van der Waals surface area contributed by atoms with Crippen LogP contribution in [-0.4, -0.2) is 29.7 Å². The molecule has 1 heterocycles. The second-order valence-electron chi connectivity index (χ2n) is 3.91. The molecular weight excluding hydrogens is 283 g/mol. The SMILES string of the molecule is CCC1(F)CC(F)(F)OC(F)(F)C1(F)C(F)(F)F. The number of rotatable bonds is 1. The van der Waals surface area contributed by atoms with Gasteiger partial charge in [-0.1, -0.05) is 6.92 Å². The molecule has 18 heavy (non-hydrogen) atoms. The van der Waals surface area contributed by atoms with Crippen molar-refractivity contribution in [1.29, 1.82) is 0 Å². The molecule has 0 spiro atoms. The van der Waals surface area contributed by atoms with E-state index < -0.39 is 42.6 Å². The standard InChI is InChI=1S/C8H7F9O/c1-2-4(9)3-5(10,11)18-8(16,17)6(4,12)7(13,14)15/h2-3H2,1H3. The van der Waals surface area contributed by atoms with Gasteiger partial charge >= 0.3 is 24.1 Å². The molecule has 0 aliphatic carbocycles. The van der Waals surface area contributed by atoms with Crippen LogP contribution in [0.3, 0.4) is 0 Å². The van der Waals surface area contributed by atoms with Crippen LogP contribution in [0.2, 0.25) is 0 Å². The van der Waals surface area contributed by atoms with E-state index in [4.69, 9.17) is 0 Å². The Kier molecular flexibility index (Phi) is 3.14. The van der Waals surface area contributed by atoms with Crippen LogP contribution in [0.15, 0.2) is 0 Å². The lowest BCUT2D eigenvalue weighted by atomic mass is 9.77. The Morgan fingerprint density at radius 2 is 1.44 bits per heavy atom. The van der Waals surface area contributed by atoms with Crippen molar-refractivity contribution in [2.45, 2.75) is 49.5 Å². The Labute approximate surface area is 94.9 Å².